The highest BCUT2D eigenvalue weighted by Crippen LogP contribution is 2.14. The second-order valence-corrected chi connectivity index (χ2v) is 6.04. The Bertz CT molecular complexity index is 646. The topological polar surface area (TPSA) is 94.2 Å². The number of benzene rings is 1. The molecule has 1 unspecified atom stereocenters. The Morgan fingerprint density at radius 1 is 1.22 bits per heavy atom. The first-order valence-electron chi connectivity index (χ1n) is 7.76. The maximum absolute atomic E-state index is 12.0. The number of carbonyl (C=O) groups excluding carboxylic acids is 2. The van der Waals surface area contributed by atoms with Gasteiger partial charge in [0.15, 0.2) is 0 Å². The maximum atomic E-state index is 12.0. The largest absolute Gasteiger partial charge is 0.391 e. The molecule has 0 radical (unpaired) electrons. The van der Waals surface area contributed by atoms with Crippen LogP contribution in [0.4, 0.5) is 0 Å². The molecular weight excluding hydrogens is 294 g/mol. The molecule has 0 aliphatic rings. The fourth-order valence-electron chi connectivity index (χ4n) is 2.37. The molecule has 4 N–H and O–H groups in total. The molecule has 2 rings (SSSR count). The fraction of sp³-hybridized carbons (Fsp3) is 0.412. The molecule has 1 atom stereocenters. The van der Waals surface area contributed by atoms with Crippen LogP contribution in [-0.4, -0.2) is 41.1 Å². The van der Waals surface area contributed by atoms with Gasteiger partial charge in [0.2, 0.25) is 5.91 Å². The van der Waals surface area contributed by atoms with Crippen molar-refractivity contribution in [3.05, 3.63) is 36.0 Å². The van der Waals surface area contributed by atoms with E-state index in [1.54, 1.807) is 6.07 Å². The highest BCUT2D eigenvalue weighted by molar-refractivity contribution is 5.99. The summed E-state index contributed by atoms with van der Waals surface area (Å²) in [6, 6.07) is 9.32. The molecule has 6 heteroatoms. The van der Waals surface area contributed by atoms with Gasteiger partial charge < -0.3 is 20.7 Å². The normalized spacial score (nSPS) is 12.3. The quantitative estimate of drug-likeness (QED) is 0.622. The lowest BCUT2D eigenvalue weighted by Crippen LogP contribution is -2.40. The number of aromatic nitrogens is 1. The van der Waals surface area contributed by atoms with Crippen molar-refractivity contribution in [1.29, 1.82) is 0 Å². The van der Waals surface area contributed by atoms with Crippen molar-refractivity contribution in [3.63, 3.8) is 0 Å². The SMILES string of the molecule is CC(C)CC(O)CNC(=O)CNC(=O)c1cc2ccccc2[nH]1. The van der Waals surface area contributed by atoms with Crippen molar-refractivity contribution >= 4 is 22.7 Å². The van der Waals surface area contributed by atoms with E-state index < -0.39 is 6.10 Å². The first kappa shape index (κ1) is 17.0. The number of amides is 2. The third-order valence-corrected chi connectivity index (χ3v) is 3.46. The minimum Gasteiger partial charge on any atom is -0.391 e. The molecule has 1 aromatic carbocycles. The van der Waals surface area contributed by atoms with Gasteiger partial charge in [-0.3, -0.25) is 9.59 Å². The van der Waals surface area contributed by atoms with Crippen LogP contribution in [0.1, 0.15) is 30.8 Å². The fourth-order valence-corrected chi connectivity index (χ4v) is 2.37. The second kappa shape index (κ2) is 7.78. The van der Waals surface area contributed by atoms with Crippen LogP contribution in [0.3, 0.4) is 0 Å². The van der Waals surface area contributed by atoms with E-state index in [-0.39, 0.29) is 24.9 Å². The lowest BCUT2D eigenvalue weighted by Gasteiger charge is -2.13. The van der Waals surface area contributed by atoms with Crippen molar-refractivity contribution in [1.82, 2.24) is 15.6 Å². The van der Waals surface area contributed by atoms with E-state index in [0.29, 0.717) is 18.0 Å². The molecule has 0 bridgehead atoms. The molecule has 0 saturated carbocycles. The highest BCUT2D eigenvalue weighted by atomic mass is 16.3. The number of nitrogens with one attached hydrogen (secondary N) is 3. The van der Waals surface area contributed by atoms with Crippen LogP contribution in [0.2, 0.25) is 0 Å². The van der Waals surface area contributed by atoms with Gasteiger partial charge in [-0.2, -0.15) is 0 Å². The summed E-state index contributed by atoms with van der Waals surface area (Å²) in [5.74, 6) is -0.292. The summed E-state index contributed by atoms with van der Waals surface area (Å²) in [6.45, 7) is 4.08. The molecule has 1 heterocycles. The van der Waals surface area contributed by atoms with E-state index >= 15 is 0 Å². The molecule has 23 heavy (non-hydrogen) atoms. The molecule has 0 aliphatic heterocycles. The van der Waals surface area contributed by atoms with Gasteiger partial charge in [0.25, 0.3) is 5.91 Å². The Labute approximate surface area is 135 Å². The van der Waals surface area contributed by atoms with Crippen LogP contribution in [0, 0.1) is 5.92 Å². The van der Waals surface area contributed by atoms with Crippen molar-refractivity contribution in [2.45, 2.75) is 26.4 Å². The van der Waals surface area contributed by atoms with Crippen LogP contribution in [-0.2, 0) is 4.79 Å². The zero-order chi connectivity index (χ0) is 16.8. The number of aromatic amines is 1. The van der Waals surface area contributed by atoms with Crippen molar-refractivity contribution < 1.29 is 14.7 Å². The number of hydrogen-bond acceptors (Lipinski definition) is 3. The summed E-state index contributed by atoms with van der Waals surface area (Å²) >= 11 is 0. The first-order chi connectivity index (χ1) is 11.0. The third-order valence-electron chi connectivity index (χ3n) is 3.46. The number of aliphatic hydroxyl groups is 1. The zero-order valence-corrected chi connectivity index (χ0v) is 13.4. The average Bonchev–Trinajstić information content (AvgIpc) is 2.94. The molecule has 0 spiro atoms. The van der Waals surface area contributed by atoms with Crippen LogP contribution >= 0.6 is 0 Å². The molecule has 0 aliphatic carbocycles. The predicted molar refractivity (Wildman–Crippen MR) is 89.1 cm³/mol. The molecule has 2 amide bonds. The van der Waals surface area contributed by atoms with E-state index in [0.717, 1.165) is 10.9 Å². The summed E-state index contributed by atoms with van der Waals surface area (Å²) in [4.78, 5) is 26.7. The number of rotatable bonds is 7. The summed E-state index contributed by atoms with van der Waals surface area (Å²) in [6.07, 6.45) is 0.0604. The lowest BCUT2D eigenvalue weighted by atomic mass is 10.1. The number of H-pyrrole nitrogens is 1. The zero-order valence-electron chi connectivity index (χ0n) is 13.4. The van der Waals surface area contributed by atoms with Crippen LogP contribution in [0.15, 0.2) is 30.3 Å². The van der Waals surface area contributed by atoms with E-state index in [2.05, 4.69) is 15.6 Å². The van der Waals surface area contributed by atoms with Crippen molar-refractivity contribution in [3.8, 4) is 0 Å². The lowest BCUT2D eigenvalue weighted by molar-refractivity contribution is -0.120. The Balaban J connectivity index is 1.78. The van der Waals surface area contributed by atoms with Gasteiger partial charge in [-0.25, -0.2) is 0 Å². The minimum absolute atomic E-state index is 0.122. The smallest absolute Gasteiger partial charge is 0.268 e. The van der Waals surface area contributed by atoms with E-state index in [4.69, 9.17) is 0 Å². The van der Waals surface area contributed by atoms with Gasteiger partial charge in [0.1, 0.15) is 5.69 Å². The average molecular weight is 317 g/mol. The number of fused-ring (bicyclic) bond motifs is 1. The highest BCUT2D eigenvalue weighted by Gasteiger charge is 2.12. The summed E-state index contributed by atoms with van der Waals surface area (Å²) < 4.78 is 0. The Morgan fingerprint density at radius 3 is 2.65 bits per heavy atom. The van der Waals surface area contributed by atoms with Crippen LogP contribution in [0.25, 0.3) is 10.9 Å². The molecule has 0 fully saturated rings. The Hall–Kier alpha value is -2.34. The molecule has 6 nitrogen and oxygen atoms in total. The monoisotopic (exact) mass is 317 g/mol. The van der Waals surface area contributed by atoms with Gasteiger partial charge >= 0.3 is 0 Å². The Morgan fingerprint density at radius 2 is 1.96 bits per heavy atom. The van der Waals surface area contributed by atoms with Crippen molar-refractivity contribution in [2.24, 2.45) is 5.92 Å². The summed E-state index contributed by atoms with van der Waals surface area (Å²) in [7, 11) is 0. The number of para-hydroxylation sites is 1. The molecular formula is C17H23N3O3. The van der Waals surface area contributed by atoms with E-state index in [9.17, 15) is 14.7 Å². The Kier molecular flexibility index (Phi) is 5.76. The van der Waals surface area contributed by atoms with Crippen molar-refractivity contribution in [2.75, 3.05) is 13.1 Å². The number of carbonyl (C=O) groups is 2. The van der Waals surface area contributed by atoms with E-state index in [1.165, 1.54) is 0 Å². The first-order valence-corrected chi connectivity index (χ1v) is 7.76. The van der Waals surface area contributed by atoms with Gasteiger partial charge in [0, 0.05) is 17.4 Å². The maximum Gasteiger partial charge on any atom is 0.268 e. The predicted octanol–water partition coefficient (Wildman–Crippen LogP) is 1.42. The summed E-state index contributed by atoms with van der Waals surface area (Å²) in [5, 5.41) is 15.8. The number of aliphatic hydroxyl groups excluding tert-OH is 1. The number of hydrogen-bond donors (Lipinski definition) is 4. The minimum atomic E-state index is -0.566. The van der Waals surface area contributed by atoms with Crippen LogP contribution in [0.5, 0.6) is 0 Å². The molecule has 124 valence electrons. The molecule has 2 aromatic rings. The second-order valence-electron chi connectivity index (χ2n) is 6.04. The molecule has 0 saturated heterocycles. The van der Waals surface area contributed by atoms with E-state index in [1.807, 2.05) is 38.1 Å². The van der Waals surface area contributed by atoms with Gasteiger partial charge in [-0.1, -0.05) is 32.0 Å². The van der Waals surface area contributed by atoms with Gasteiger partial charge in [-0.05, 0) is 24.5 Å². The van der Waals surface area contributed by atoms with Gasteiger partial charge in [-0.15, -0.1) is 0 Å². The van der Waals surface area contributed by atoms with Crippen LogP contribution < -0.4 is 10.6 Å². The molecule has 1 aromatic heterocycles. The standard InChI is InChI=1S/C17H23N3O3/c1-11(2)7-13(21)9-18-16(22)10-19-17(23)15-8-12-5-3-4-6-14(12)20-15/h3-6,8,11,13,20-21H,7,9-10H2,1-2H3,(H,18,22)(H,19,23). The summed E-state index contributed by atoms with van der Waals surface area (Å²) in [5.41, 5.74) is 1.29. The van der Waals surface area contributed by atoms with Gasteiger partial charge in [0.05, 0.1) is 12.6 Å². The third kappa shape index (κ3) is 5.10.